The Morgan fingerprint density at radius 3 is 1.96 bits per heavy atom. The quantitative estimate of drug-likeness (QED) is 0.664. The molecule has 0 saturated heterocycles. The average Bonchev–Trinajstić information content (AvgIpc) is 2.72. The Kier molecular flexibility index (Phi) is 5.84. The van der Waals surface area contributed by atoms with Gasteiger partial charge in [-0.3, -0.25) is 4.79 Å². The van der Waals surface area contributed by atoms with Crippen LogP contribution in [-0.2, 0) is 4.79 Å². The number of amides is 1. The van der Waals surface area contributed by atoms with Gasteiger partial charge in [0.2, 0.25) is 5.91 Å². The topological polar surface area (TPSA) is 38.3 Å². The lowest BCUT2D eigenvalue weighted by atomic mass is 9.98. The van der Waals surface area contributed by atoms with Gasteiger partial charge in [0.1, 0.15) is 5.75 Å². The predicted molar refractivity (Wildman–Crippen MR) is 105 cm³/mol. The van der Waals surface area contributed by atoms with Crippen molar-refractivity contribution in [3.63, 3.8) is 0 Å². The lowest BCUT2D eigenvalue weighted by Crippen LogP contribution is -2.27. The highest BCUT2D eigenvalue weighted by atomic mass is 16.5. The Morgan fingerprint density at radius 2 is 1.38 bits per heavy atom. The van der Waals surface area contributed by atoms with Crippen molar-refractivity contribution >= 4 is 12.0 Å². The van der Waals surface area contributed by atoms with E-state index in [2.05, 4.69) is 5.32 Å². The first-order valence-corrected chi connectivity index (χ1v) is 8.49. The fourth-order valence-electron chi connectivity index (χ4n) is 2.81. The van der Waals surface area contributed by atoms with Crippen LogP contribution in [0.2, 0.25) is 0 Å². The van der Waals surface area contributed by atoms with Gasteiger partial charge in [0.15, 0.2) is 0 Å². The first kappa shape index (κ1) is 17.5. The van der Waals surface area contributed by atoms with Crippen molar-refractivity contribution in [2.45, 2.75) is 6.04 Å². The summed E-state index contributed by atoms with van der Waals surface area (Å²) in [6.45, 7) is 0. The van der Waals surface area contributed by atoms with Crippen molar-refractivity contribution in [2.75, 3.05) is 7.11 Å². The summed E-state index contributed by atoms with van der Waals surface area (Å²) in [5.41, 5.74) is 2.94. The van der Waals surface area contributed by atoms with E-state index >= 15 is 0 Å². The van der Waals surface area contributed by atoms with Gasteiger partial charge in [0.05, 0.1) is 13.2 Å². The molecule has 0 atom stereocenters. The van der Waals surface area contributed by atoms with Crippen LogP contribution in [-0.4, -0.2) is 13.0 Å². The minimum Gasteiger partial charge on any atom is -0.496 e. The molecule has 0 aromatic heterocycles. The summed E-state index contributed by atoms with van der Waals surface area (Å²) < 4.78 is 5.31. The van der Waals surface area contributed by atoms with E-state index in [1.165, 1.54) is 6.08 Å². The molecular weight excluding hydrogens is 322 g/mol. The number of ether oxygens (including phenoxy) is 1. The monoisotopic (exact) mass is 343 g/mol. The lowest BCUT2D eigenvalue weighted by Gasteiger charge is -2.19. The molecule has 0 aliphatic heterocycles. The second kappa shape index (κ2) is 8.67. The Balaban J connectivity index is 1.81. The van der Waals surface area contributed by atoms with Crippen LogP contribution in [0, 0.1) is 0 Å². The summed E-state index contributed by atoms with van der Waals surface area (Å²) >= 11 is 0. The smallest absolute Gasteiger partial charge is 0.244 e. The van der Waals surface area contributed by atoms with E-state index < -0.39 is 0 Å². The van der Waals surface area contributed by atoms with Crippen LogP contribution >= 0.6 is 0 Å². The molecular formula is C23H21NO2. The van der Waals surface area contributed by atoms with Crippen molar-refractivity contribution in [1.82, 2.24) is 5.32 Å². The second-order valence-corrected chi connectivity index (χ2v) is 5.84. The van der Waals surface area contributed by atoms with Crippen LogP contribution in [0.3, 0.4) is 0 Å². The van der Waals surface area contributed by atoms with Gasteiger partial charge in [-0.1, -0.05) is 78.9 Å². The number of hydrogen-bond donors (Lipinski definition) is 1. The summed E-state index contributed by atoms with van der Waals surface area (Å²) in [4.78, 5) is 12.5. The van der Waals surface area contributed by atoms with E-state index in [1.807, 2.05) is 84.9 Å². The highest BCUT2D eigenvalue weighted by Gasteiger charge is 2.15. The molecule has 0 aliphatic rings. The molecule has 0 bridgehead atoms. The zero-order valence-electron chi connectivity index (χ0n) is 14.6. The first-order valence-electron chi connectivity index (χ1n) is 8.49. The van der Waals surface area contributed by atoms with E-state index in [0.29, 0.717) is 0 Å². The van der Waals surface area contributed by atoms with Gasteiger partial charge in [-0.15, -0.1) is 0 Å². The van der Waals surface area contributed by atoms with Crippen LogP contribution in [0.4, 0.5) is 0 Å². The SMILES string of the molecule is COc1ccccc1/C=C\C(=O)NC(c1ccccc1)c1ccccc1. The number of para-hydroxylation sites is 1. The predicted octanol–water partition coefficient (Wildman–Crippen LogP) is 4.61. The molecule has 0 saturated carbocycles. The molecule has 0 unspecified atom stereocenters. The molecule has 3 nitrogen and oxygen atoms in total. The van der Waals surface area contributed by atoms with E-state index in [-0.39, 0.29) is 11.9 Å². The third-order valence-corrected chi connectivity index (χ3v) is 4.11. The molecule has 0 heterocycles. The maximum absolute atomic E-state index is 12.5. The third-order valence-electron chi connectivity index (χ3n) is 4.11. The van der Waals surface area contributed by atoms with Crippen molar-refractivity contribution < 1.29 is 9.53 Å². The molecule has 130 valence electrons. The number of methoxy groups -OCH3 is 1. The fraction of sp³-hybridized carbons (Fsp3) is 0.0870. The third kappa shape index (κ3) is 4.39. The molecule has 3 rings (SSSR count). The maximum atomic E-state index is 12.5. The number of hydrogen-bond acceptors (Lipinski definition) is 2. The summed E-state index contributed by atoms with van der Waals surface area (Å²) in [5, 5.41) is 3.09. The Hall–Kier alpha value is -3.33. The highest BCUT2D eigenvalue weighted by Crippen LogP contribution is 2.22. The molecule has 3 aromatic carbocycles. The number of carbonyl (C=O) groups is 1. The number of nitrogens with one attached hydrogen (secondary N) is 1. The molecule has 0 aliphatic carbocycles. The van der Waals surface area contributed by atoms with Crippen molar-refractivity contribution in [1.29, 1.82) is 0 Å². The summed E-state index contributed by atoms with van der Waals surface area (Å²) in [6, 6.07) is 27.3. The van der Waals surface area contributed by atoms with Gasteiger partial charge in [0.25, 0.3) is 0 Å². The Bertz CT molecular complexity index is 833. The zero-order chi connectivity index (χ0) is 18.2. The van der Waals surface area contributed by atoms with Crippen molar-refractivity contribution in [3.8, 4) is 5.75 Å². The maximum Gasteiger partial charge on any atom is 0.244 e. The van der Waals surface area contributed by atoms with E-state index in [0.717, 1.165) is 22.4 Å². The molecule has 0 fully saturated rings. The first-order chi connectivity index (χ1) is 12.8. The molecule has 0 radical (unpaired) electrons. The zero-order valence-corrected chi connectivity index (χ0v) is 14.6. The molecule has 0 spiro atoms. The van der Waals surface area contributed by atoms with Gasteiger partial charge in [-0.2, -0.15) is 0 Å². The largest absolute Gasteiger partial charge is 0.496 e. The second-order valence-electron chi connectivity index (χ2n) is 5.84. The standard InChI is InChI=1S/C23H21NO2/c1-26-21-15-9-8-10-18(21)16-17-22(25)24-23(19-11-4-2-5-12-19)20-13-6-3-7-14-20/h2-17,23H,1H3,(H,24,25)/b17-16-. The minimum absolute atomic E-state index is 0.159. The highest BCUT2D eigenvalue weighted by molar-refractivity contribution is 5.92. The van der Waals surface area contributed by atoms with E-state index in [9.17, 15) is 4.79 Å². The Morgan fingerprint density at radius 1 is 0.846 bits per heavy atom. The van der Waals surface area contributed by atoms with Crippen LogP contribution in [0.15, 0.2) is 91.0 Å². The van der Waals surface area contributed by atoms with E-state index in [4.69, 9.17) is 4.74 Å². The van der Waals surface area contributed by atoms with Gasteiger partial charge in [-0.25, -0.2) is 0 Å². The van der Waals surface area contributed by atoms with Gasteiger partial charge < -0.3 is 10.1 Å². The number of rotatable bonds is 6. The van der Waals surface area contributed by atoms with Crippen LogP contribution < -0.4 is 10.1 Å². The van der Waals surface area contributed by atoms with E-state index in [1.54, 1.807) is 13.2 Å². The Labute approximate surface area is 154 Å². The molecule has 3 aromatic rings. The summed E-state index contributed by atoms with van der Waals surface area (Å²) in [5.74, 6) is 0.577. The van der Waals surface area contributed by atoms with Crippen molar-refractivity contribution in [2.24, 2.45) is 0 Å². The fourth-order valence-corrected chi connectivity index (χ4v) is 2.81. The molecule has 1 amide bonds. The van der Waals surface area contributed by atoms with Crippen LogP contribution in [0.1, 0.15) is 22.7 Å². The minimum atomic E-state index is -0.202. The summed E-state index contributed by atoms with van der Waals surface area (Å²) in [7, 11) is 1.62. The molecule has 3 heteroatoms. The number of benzene rings is 3. The number of carbonyl (C=O) groups excluding carboxylic acids is 1. The average molecular weight is 343 g/mol. The lowest BCUT2D eigenvalue weighted by molar-refractivity contribution is -0.116. The van der Waals surface area contributed by atoms with Gasteiger partial charge >= 0.3 is 0 Å². The van der Waals surface area contributed by atoms with Gasteiger partial charge in [-0.05, 0) is 23.3 Å². The molecule has 26 heavy (non-hydrogen) atoms. The normalized spacial score (nSPS) is 10.8. The van der Waals surface area contributed by atoms with Gasteiger partial charge in [0, 0.05) is 11.6 Å². The van der Waals surface area contributed by atoms with Crippen LogP contribution in [0.25, 0.3) is 6.08 Å². The summed E-state index contributed by atoms with van der Waals surface area (Å²) in [6.07, 6.45) is 3.30. The van der Waals surface area contributed by atoms with Crippen molar-refractivity contribution in [3.05, 3.63) is 108 Å². The molecule has 1 N–H and O–H groups in total. The van der Waals surface area contributed by atoms with Crippen LogP contribution in [0.5, 0.6) is 5.75 Å².